The molecule has 2 aromatic rings. The number of aromatic hydroxyl groups is 1. The Morgan fingerprint density at radius 1 is 0.778 bits per heavy atom. The topological polar surface area (TPSA) is 95.2 Å². The summed E-state index contributed by atoms with van der Waals surface area (Å²) < 4.78 is 0. The third-order valence-corrected chi connectivity index (χ3v) is 4.53. The second kappa shape index (κ2) is 13.4. The lowest BCUT2D eigenvalue weighted by Gasteiger charge is -2.08. The zero-order valence-corrected chi connectivity index (χ0v) is 16.3. The summed E-state index contributed by atoms with van der Waals surface area (Å²) in [5.74, 6) is 0.240. The van der Waals surface area contributed by atoms with Crippen LogP contribution in [0.3, 0.4) is 0 Å². The second-order valence-corrected chi connectivity index (χ2v) is 6.88. The Bertz CT molecular complexity index is 650. The molecule has 0 unspecified atom stereocenters. The van der Waals surface area contributed by atoms with Gasteiger partial charge in [-0.05, 0) is 83.5 Å². The first-order valence-electron chi connectivity index (χ1n) is 10.2. The van der Waals surface area contributed by atoms with Crippen LogP contribution in [0.5, 0.6) is 5.75 Å². The highest BCUT2D eigenvalue weighted by atomic mass is 16.3. The van der Waals surface area contributed by atoms with Gasteiger partial charge in [0.1, 0.15) is 11.3 Å². The SMILES string of the molecule is NCCCCNCCCCNCCCNCc1ccc2cccc(O)c2n1. The van der Waals surface area contributed by atoms with Crippen molar-refractivity contribution in [2.45, 2.75) is 38.6 Å². The van der Waals surface area contributed by atoms with Crippen molar-refractivity contribution < 1.29 is 5.11 Å². The standard InChI is InChI=1S/C21H35N5O/c22-11-1-2-12-23-13-3-4-14-24-15-6-16-25-17-19-10-9-18-7-5-8-20(27)21(18)26-19/h5,7-10,23-25,27H,1-4,6,11-17,22H2. The van der Waals surface area contributed by atoms with Crippen LogP contribution in [0.25, 0.3) is 10.9 Å². The summed E-state index contributed by atoms with van der Waals surface area (Å²) >= 11 is 0. The molecule has 6 N–H and O–H groups in total. The van der Waals surface area contributed by atoms with Gasteiger partial charge in [-0.15, -0.1) is 0 Å². The fourth-order valence-electron chi connectivity index (χ4n) is 2.97. The Labute approximate surface area is 162 Å². The maximum absolute atomic E-state index is 9.89. The molecule has 0 aliphatic rings. The molecule has 150 valence electrons. The van der Waals surface area contributed by atoms with Gasteiger partial charge in [-0.1, -0.05) is 18.2 Å². The average molecular weight is 374 g/mol. The van der Waals surface area contributed by atoms with E-state index in [1.807, 2.05) is 24.3 Å². The van der Waals surface area contributed by atoms with Crippen LogP contribution in [0.4, 0.5) is 0 Å². The highest BCUT2D eigenvalue weighted by Crippen LogP contribution is 2.22. The molecule has 1 aromatic heterocycles. The van der Waals surface area contributed by atoms with Crippen molar-refractivity contribution in [1.29, 1.82) is 0 Å². The Hall–Kier alpha value is -1.73. The lowest BCUT2D eigenvalue weighted by atomic mass is 10.2. The zero-order chi connectivity index (χ0) is 19.2. The van der Waals surface area contributed by atoms with Crippen LogP contribution in [0.15, 0.2) is 30.3 Å². The van der Waals surface area contributed by atoms with Crippen molar-refractivity contribution >= 4 is 10.9 Å². The molecule has 27 heavy (non-hydrogen) atoms. The third-order valence-electron chi connectivity index (χ3n) is 4.53. The highest BCUT2D eigenvalue weighted by Gasteiger charge is 2.02. The number of fused-ring (bicyclic) bond motifs is 1. The van der Waals surface area contributed by atoms with Gasteiger partial charge in [-0.2, -0.15) is 0 Å². The van der Waals surface area contributed by atoms with E-state index < -0.39 is 0 Å². The van der Waals surface area contributed by atoms with Gasteiger partial charge >= 0.3 is 0 Å². The summed E-state index contributed by atoms with van der Waals surface area (Å²) in [5, 5.41) is 21.2. The van der Waals surface area contributed by atoms with Crippen molar-refractivity contribution in [3.63, 3.8) is 0 Å². The molecule has 0 radical (unpaired) electrons. The van der Waals surface area contributed by atoms with Gasteiger partial charge in [0, 0.05) is 11.9 Å². The van der Waals surface area contributed by atoms with Gasteiger partial charge in [0.25, 0.3) is 0 Å². The molecular weight excluding hydrogens is 338 g/mol. The average Bonchev–Trinajstić information content (AvgIpc) is 2.69. The number of aromatic nitrogens is 1. The molecule has 0 saturated heterocycles. The molecule has 0 aliphatic carbocycles. The first kappa shape index (κ1) is 21.6. The summed E-state index contributed by atoms with van der Waals surface area (Å²) in [4.78, 5) is 4.53. The van der Waals surface area contributed by atoms with Crippen molar-refractivity contribution in [2.24, 2.45) is 5.73 Å². The number of rotatable bonds is 15. The molecule has 0 amide bonds. The molecule has 0 fully saturated rings. The van der Waals surface area contributed by atoms with Crippen LogP contribution in [0.2, 0.25) is 0 Å². The molecule has 0 spiro atoms. The largest absolute Gasteiger partial charge is 0.506 e. The Morgan fingerprint density at radius 3 is 2.19 bits per heavy atom. The number of pyridine rings is 1. The molecule has 0 atom stereocenters. The predicted octanol–water partition coefficient (Wildman–Crippen LogP) is 2.12. The minimum atomic E-state index is 0.240. The van der Waals surface area contributed by atoms with Gasteiger partial charge in [0.15, 0.2) is 0 Å². The molecule has 2 rings (SSSR count). The molecule has 1 aromatic carbocycles. The van der Waals surface area contributed by atoms with Crippen molar-refractivity contribution in [3.8, 4) is 5.75 Å². The van der Waals surface area contributed by atoms with E-state index in [4.69, 9.17) is 5.73 Å². The minimum Gasteiger partial charge on any atom is -0.506 e. The fourth-order valence-corrected chi connectivity index (χ4v) is 2.97. The first-order chi connectivity index (χ1) is 13.3. The number of nitrogens with one attached hydrogen (secondary N) is 3. The van der Waals surface area contributed by atoms with E-state index in [0.29, 0.717) is 5.52 Å². The Kier molecular flexibility index (Phi) is 10.7. The Morgan fingerprint density at radius 2 is 1.44 bits per heavy atom. The number of hydrogen-bond donors (Lipinski definition) is 5. The number of nitrogens with two attached hydrogens (primary N) is 1. The molecule has 0 aliphatic heterocycles. The normalized spacial score (nSPS) is 11.3. The molecule has 0 saturated carbocycles. The van der Waals surface area contributed by atoms with Gasteiger partial charge in [-0.25, -0.2) is 4.98 Å². The van der Waals surface area contributed by atoms with E-state index in [1.165, 1.54) is 19.3 Å². The zero-order valence-electron chi connectivity index (χ0n) is 16.3. The molecular formula is C21H35N5O. The molecule has 6 heteroatoms. The van der Waals surface area contributed by atoms with E-state index in [0.717, 1.165) is 69.7 Å². The maximum Gasteiger partial charge on any atom is 0.141 e. The van der Waals surface area contributed by atoms with Crippen molar-refractivity contribution in [1.82, 2.24) is 20.9 Å². The third kappa shape index (κ3) is 8.67. The lowest BCUT2D eigenvalue weighted by Crippen LogP contribution is -2.23. The van der Waals surface area contributed by atoms with Crippen molar-refractivity contribution in [2.75, 3.05) is 39.3 Å². The van der Waals surface area contributed by atoms with Crippen LogP contribution in [-0.2, 0) is 6.54 Å². The Balaban J connectivity index is 1.44. The van der Waals surface area contributed by atoms with Gasteiger partial charge in [0.2, 0.25) is 0 Å². The van der Waals surface area contributed by atoms with E-state index in [-0.39, 0.29) is 5.75 Å². The monoisotopic (exact) mass is 373 g/mol. The minimum absolute atomic E-state index is 0.240. The predicted molar refractivity (Wildman–Crippen MR) is 113 cm³/mol. The smallest absolute Gasteiger partial charge is 0.141 e. The van der Waals surface area contributed by atoms with Crippen molar-refractivity contribution in [3.05, 3.63) is 36.0 Å². The summed E-state index contributed by atoms with van der Waals surface area (Å²) in [5.41, 5.74) is 7.10. The van der Waals surface area contributed by atoms with Crippen LogP contribution in [-0.4, -0.2) is 49.4 Å². The summed E-state index contributed by atoms with van der Waals surface area (Å²) in [7, 11) is 0. The second-order valence-electron chi connectivity index (χ2n) is 6.88. The molecule has 0 bridgehead atoms. The van der Waals surface area contributed by atoms with Crippen LogP contribution < -0.4 is 21.7 Å². The summed E-state index contributed by atoms with van der Waals surface area (Å²) in [6.07, 6.45) is 5.81. The van der Waals surface area contributed by atoms with Gasteiger partial charge < -0.3 is 26.8 Å². The number of unbranched alkanes of at least 4 members (excludes halogenated alkanes) is 2. The number of phenols is 1. The van der Waals surface area contributed by atoms with Crippen LogP contribution in [0.1, 0.15) is 37.8 Å². The molecule has 6 nitrogen and oxygen atoms in total. The quantitative estimate of drug-likeness (QED) is 0.307. The van der Waals surface area contributed by atoms with E-state index in [9.17, 15) is 5.11 Å². The highest BCUT2D eigenvalue weighted by molar-refractivity contribution is 5.84. The number of hydrogen-bond acceptors (Lipinski definition) is 6. The number of benzene rings is 1. The number of phenolic OH excluding ortho intramolecular Hbond substituents is 1. The van der Waals surface area contributed by atoms with E-state index in [2.05, 4.69) is 20.9 Å². The summed E-state index contributed by atoms with van der Waals surface area (Å²) in [6.45, 7) is 6.77. The van der Waals surface area contributed by atoms with Gasteiger partial charge in [-0.3, -0.25) is 0 Å². The van der Waals surface area contributed by atoms with Crippen LogP contribution >= 0.6 is 0 Å². The number of para-hydroxylation sites is 1. The van der Waals surface area contributed by atoms with E-state index >= 15 is 0 Å². The number of nitrogens with zero attached hydrogens (tertiary/aromatic N) is 1. The summed E-state index contributed by atoms with van der Waals surface area (Å²) in [6, 6.07) is 9.49. The molecule has 1 heterocycles. The fraction of sp³-hybridized carbons (Fsp3) is 0.571. The van der Waals surface area contributed by atoms with Gasteiger partial charge in [0.05, 0.1) is 5.69 Å². The maximum atomic E-state index is 9.89. The first-order valence-corrected chi connectivity index (χ1v) is 10.2. The van der Waals surface area contributed by atoms with Crippen LogP contribution in [0, 0.1) is 0 Å². The lowest BCUT2D eigenvalue weighted by molar-refractivity contribution is 0.480. The van der Waals surface area contributed by atoms with E-state index in [1.54, 1.807) is 6.07 Å².